The first-order chi connectivity index (χ1) is 17.5. The highest BCUT2D eigenvalue weighted by Crippen LogP contribution is 2.13. The van der Waals surface area contributed by atoms with E-state index in [9.17, 15) is 27.1 Å². The number of aliphatic hydroxyl groups is 1. The maximum Gasteiger partial charge on any atom is 0.221 e. The van der Waals surface area contributed by atoms with Crippen LogP contribution >= 0.6 is 22.6 Å². The van der Waals surface area contributed by atoms with Crippen LogP contribution in [0.15, 0.2) is 42.5 Å². The summed E-state index contributed by atoms with van der Waals surface area (Å²) >= 11 is 2.21. The summed E-state index contributed by atoms with van der Waals surface area (Å²) in [5.74, 6) is -2.44. The molecule has 0 saturated carbocycles. The number of halogens is 3. The van der Waals surface area contributed by atoms with Gasteiger partial charge in [0, 0.05) is 42.2 Å². The summed E-state index contributed by atoms with van der Waals surface area (Å²) in [6.45, 7) is 5.13. The number of rotatable bonds is 16. The molecular formula is C26H36F2IN3O4S. The number of sulfonamides is 1. The first-order valence-corrected chi connectivity index (χ1v) is 15.1. The molecule has 2 aromatic rings. The Hall–Kier alpha value is -1.67. The molecule has 0 fully saturated rings. The summed E-state index contributed by atoms with van der Waals surface area (Å²) in [5, 5.41) is 16.7. The molecule has 2 rings (SSSR count). The van der Waals surface area contributed by atoms with Crippen molar-refractivity contribution in [2.45, 2.75) is 58.2 Å². The Morgan fingerprint density at radius 3 is 2.30 bits per heavy atom. The molecule has 0 aliphatic heterocycles. The fourth-order valence-electron chi connectivity index (χ4n) is 3.94. The van der Waals surface area contributed by atoms with Gasteiger partial charge in [-0.05, 0) is 77.2 Å². The molecule has 2 atom stereocenters. The first-order valence-electron chi connectivity index (χ1n) is 12.4. The van der Waals surface area contributed by atoms with Crippen molar-refractivity contribution in [2.24, 2.45) is 0 Å². The van der Waals surface area contributed by atoms with Gasteiger partial charge in [-0.3, -0.25) is 4.79 Å². The Kier molecular flexibility index (Phi) is 13.4. The van der Waals surface area contributed by atoms with E-state index in [2.05, 4.69) is 33.2 Å². The van der Waals surface area contributed by atoms with Crippen LogP contribution in [-0.4, -0.2) is 61.3 Å². The van der Waals surface area contributed by atoms with Gasteiger partial charge in [-0.15, -0.1) is 0 Å². The number of amides is 1. The van der Waals surface area contributed by atoms with Crippen LogP contribution in [0.1, 0.15) is 44.2 Å². The molecule has 0 spiro atoms. The molecule has 0 saturated heterocycles. The van der Waals surface area contributed by atoms with E-state index in [0.29, 0.717) is 32.5 Å². The van der Waals surface area contributed by atoms with Gasteiger partial charge < -0.3 is 15.7 Å². The van der Waals surface area contributed by atoms with E-state index in [4.69, 9.17) is 0 Å². The molecule has 3 N–H and O–H groups in total. The number of nitrogens with one attached hydrogen (secondary N) is 2. The minimum atomic E-state index is -3.62. The van der Waals surface area contributed by atoms with Crippen molar-refractivity contribution >= 4 is 38.5 Å². The topological polar surface area (TPSA) is 98.7 Å². The van der Waals surface area contributed by atoms with Gasteiger partial charge in [0.1, 0.15) is 11.6 Å². The third kappa shape index (κ3) is 11.3. The maximum absolute atomic E-state index is 13.7. The number of carbonyl (C=O) groups is 1. The van der Waals surface area contributed by atoms with Gasteiger partial charge in [-0.1, -0.05) is 26.0 Å². The minimum absolute atomic E-state index is 0.0307. The number of hydrogen-bond donors (Lipinski definition) is 3. The SMILES string of the molecule is CCCN(CCC)S(=O)(=O)CCC(=O)N[C@@H](Cc1cc(F)cc(F)c1)[C@H](O)CNCc1cccc(I)c1. The summed E-state index contributed by atoms with van der Waals surface area (Å²) in [5.41, 5.74) is 1.28. The smallest absolute Gasteiger partial charge is 0.221 e. The highest BCUT2D eigenvalue weighted by molar-refractivity contribution is 14.1. The Balaban J connectivity index is 2.06. The van der Waals surface area contributed by atoms with Crippen LogP contribution in [0.5, 0.6) is 0 Å². The third-order valence-electron chi connectivity index (χ3n) is 5.69. The lowest BCUT2D eigenvalue weighted by Crippen LogP contribution is -2.49. The zero-order chi connectivity index (χ0) is 27.4. The molecule has 0 unspecified atom stereocenters. The second-order valence-corrected chi connectivity index (χ2v) is 12.3. The maximum atomic E-state index is 13.7. The van der Waals surface area contributed by atoms with Gasteiger partial charge in [-0.2, -0.15) is 0 Å². The van der Waals surface area contributed by atoms with Crippen LogP contribution in [-0.2, 0) is 27.8 Å². The van der Waals surface area contributed by atoms with Gasteiger partial charge in [0.25, 0.3) is 0 Å². The average Bonchev–Trinajstić information content (AvgIpc) is 2.81. The molecule has 206 valence electrons. The predicted molar refractivity (Wildman–Crippen MR) is 149 cm³/mol. The Morgan fingerprint density at radius 2 is 1.70 bits per heavy atom. The quantitative estimate of drug-likeness (QED) is 0.241. The molecule has 0 heterocycles. The van der Waals surface area contributed by atoms with Crippen LogP contribution in [0.2, 0.25) is 0 Å². The second kappa shape index (κ2) is 15.7. The lowest BCUT2D eigenvalue weighted by atomic mass is 10.0. The van der Waals surface area contributed by atoms with E-state index in [1.54, 1.807) is 0 Å². The number of nitrogens with zero attached hydrogens (tertiary/aromatic N) is 1. The molecule has 0 aromatic heterocycles. The van der Waals surface area contributed by atoms with Crippen molar-refractivity contribution in [1.29, 1.82) is 0 Å². The fourth-order valence-corrected chi connectivity index (χ4v) is 6.17. The van der Waals surface area contributed by atoms with E-state index in [-0.39, 0.29) is 30.7 Å². The van der Waals surface area contributed by atoms with Crippen molar-refractivity contribution in [3.8, 4) is 0 Å². The predicted octanol–water partition coefficient (Wildman–Crippen LogP) is 3.59. The van der Waals surface area contributed by atoms with Gasteiger partial charge in [0.05, 0.1) is 17.9 Å². The van der Waals surface area contributed by atoms with Gasteiger partial charge in [0.2, 0.25) is 15.9 Å². The molecular weight excluding hydrogens is 615 g/mol. The number of aliphatic hydroxyl groups excluding tert-OH is 1. The van der Waals surface area contributed by atoms with Gasteiger partial charge >= 0.3 is 0 Å². The van der Waals surface area contributed by atoms with Gasteiger partial charge in [-0.25, -0.2) is 21.5 Å². The molecule has 37 heavy (non-hydrogen) atoms. The Morgan fingerprint density at radius 1 is 1.05 bits per heavy atom. The number of hydrogen-bond acceptors (Lipinski definition) is 5. The Labute approximate surface area is 232 Å². The first kappa shape index (κ1) is 31.5. The average molecular weight is 652 g/mol. The molecule has 7 nitrogen and oxygen atoms in total. The van der Waals surface area contributed by atoms with Gasteiger partial charge in [0.15, 0.2) is 0 Å². The monoisotopic (exact) mass is 651 g/mol. The largest absolute Gasteiger partial charge is 0.390 e. The zero-order valence-electron chi connectivity index (χ0n) is 21.2. The van der Waals surface area contributed by atoms with Crippen molar-refractivity contribution in [3.05, 3.63) is 68.8 Å². The van der Waals surface area contributed by atoms with E-state index < -0.39 is 39.7 Å². The van der Waals surface area contributed by atoms with Crippen LogP contribution in [0.3, 0.4) is 0 Å². The third-order valence-corrected chi connectivity index (χ3v) is 8.23. The number of benzene rings is 2. The summed E-state index contributed by atoms with van der Waals surface area (Å²) in [7, 11) is -3.62. The molecule has 11 heteroatoms. The molecule has 0 aliphatic carbocycles. The van der Waals surface area contributed by atoms with E-state index in [1.165, 1.54) is 4.31 Å². The van der Waals surface area contributed by atoms with E-state index in [1.807, 2.05) is 38.1 Å². The lowest BCUT2D eigenvalue weighted by molar-refractivity contribution is -0.122. The molecule has 1 amide bonds. The summed E-state index contributed by atoms with van der Waals surface area (Å²) in [4.78, 5) is 12.7. The zero-order valence-corrected chi connectivity index (χ0v) is 24.2. The van der Waals surface area contributed by atoms with Crippen molar-refractivity contribution in [3.63, 3.8) is 0 Å². The lowest BCUT2D eigenvalue weighted by Gasteiger charge is -2.25. The highest BCUT2D eigenvalue weighted by atomic mass is 127. The van der Waals surface area contributed by atoms with Crippen molar-refractivity contribution in [2.75, 3.05) is 25.4 Å². The molecule has 2 aromatic carbocycles. The summed E-state index contributed by atoms with van der Waals surface area (Å²) in [6.07, 6.45) is -0.0795. The van der Waals surface area contributed by atoms with E-state index >= 15 is 0 Å². The minimum Gasteiger partial charge on any atom is -0.390 e. The normalized spacial score (nSPS) is 13.5. The fraction of sp³-hybridized carbons (Fsp3) is 0.500. The standard InChI is InChI=1S/C26H36F2IN3O4S/c1-3-9-32(10-4-2)37(35,36)11-8-26(34)31-24(15-20-12-21(27)16-22(28)13-20)25(33)18-30-17-19-6-5-7-23(29)14-19/h5-7,12-14,16,24-25,30,33H,3-4,8-11,15,17-18H2,1-2H3,(H,31,34)/t24-,25+/m0/s1. The van der Waals surface area contributed by atoms with Crippen LogP contribution < -0.4 is 10.6 Å². The van der Waals surface area contributed by atoms with Crippen LogP contribution in [0.4, 0.5) is 8.78 Å². The molecule has 0 radical (unpaired) electrons. The summed E-state index contributed by atoms with van der Waals surface area (Å²) < 4.78 is 55.4. The highest BCUT2D eigenvalue weighted by Gasteiger charge is 2.25. The van der Waals surface area contributed by atoms with Crippen molar-refractivity contribution in [1.82, 2.24) is 14.9 Å². The Bertz CT molecular complexity index is 1090. The van der Waals surface area contributed by atoms with Crippen LogP contribution in [0.25, 0.3) is 0 Å². The van der Waals surface area contributed by atoms with Crippen LogP contribution in [0, 0.1) is 15.2 Å². The van der Waals surface area contributed by atoms with E-state index in [0.717, 1.165) is 27.3 Å². The summed E-state index contributed by atoms with van der Waals surface area (Å²) in [6, 6.07) is 9.98. The van der Waals surface area contributed by atoms with Crippen molar-refractivity contribution < 1.29 is 27.1 Å². The number of carbonyl (C=O) groups excluding carboxylic acids is 1. The molecule has 0 aliphatic rings. The molecule has 0 bridgehead atoms. The second-order valence-electron chi connectivity index (χ2n) is 8.95.